The molecule has 4 aromatic heterocycles. The number of carbonyl (C=O) groups is 3. The number of halogens is 4. The highest BCUT2D eigenvalue weighted by atomic mass is 79.9. The summed E-state index contributed by atoms with van der Waals surface area (Å²) in [4.78, 5) is 61.3. The molecule has 4 aromatic rings. The zero-order chi connectivity index (χ0) is 36.0. The molecule has 0 unspecified atom stereocenters. The fraction of sp³-hybridized carbons (Fsp3) is 0.471. The average molecular weight is 757 g/mol. The Kier molecular flexibility index (Phi) is 9.79. The monoisotopic (exact) mass is 755 g/mol. The minimum Gasteiger partial charge on any atom is -0.325 e. The number of alkyl halides is 3. The van der Waals surface area contributed by atoms with Crippen LogP contribution in [0.4, 0.5) is 19.0 Å². The molecule has 3 atom stereocenters. The number of anilines is 1. The smallest absolute Gasteiger partial charge is 0.325 e. The van der Waals surface area contributed by atoms with Gasteiger partial charge in [0.1, 0.15) is 34.5 Å². The van der Waals surface area contributed by atoms with Crippen molar-refractivity contribution in [2.24, 2.45) is 5.41 Å². The van der Waals surface area contributed by atoms with Crippen LogP contribution in [0, 0.1) is 12.3 Å². The molecule has 1 saturated heterocycles. The largest absolute Gasteiger partial charge is 0.390 e. The predicted molar refractivity (Wildman–Crippen MR) is 182 cm³/mol. The van der Waals surface area contributed by atoms with E-state index in [9.17, 15) is 27.6 Å². The molecule has 1 saturated carbocycles. The lowest BCUT2D eigenvalue weighted by atomic mass is 10.0. The van der Waals surface area contributed by atoms with E-state index in [1.165, 1.54) is 11.6 Å². The first kappa shape index (κ1) is 35.5. The molecule has 1 aliphatic carbocycles. The average Bonchev–Trinajstić information content (AvgIpc) is 3.42. The van der Waals surface area contributed by atoms with Crippen molar-refractivity contribution in [2.45, 2.75) is 84.7 Å². The summed E-state index contributed by atoms with van der Waals surface area (Å²) in [6, 6.07) is 4.17. The molecule has 5 heterocycles. The molecule has 6 rings (SSSR count). The van der Waals surface area contributed by atoms with Crippen LogP contribution < -0.4 is 5.32 Å². The van der Waals surface area contributed by atoms with E-state index in [-0.39, 0.29) is 54.3 Å². The van der Waals surface area contributed by atoms with Gasteiger partial charge in [-0.2, -0.15) is 18.3 Å². The number of aromatic nitrogens is 6. The third-order valence-corrected chi connectivity index (χ3v) is 9.83. The van der Waals surface area contributed by atoms with E-state index >= 15 is 0 Å². The number of fused-ring (bicyclic) bond motifs is 2. The standard InChI is InChI=1S/C34H37BrF3N9O3/c1-5-9-45(10-8-34(36,37)38)17-21-6-7-28(35)42-31(21)43-32(50)25-12-33(4)13-27(33)47(25)29(49)18-46-26-16-41-24(22-14-39-20(3)40-15-22)11-23(26)30(44-46)19(2)48/h6-7,11,14-16,25,27H,5,8-10,12-13,17-18H2,1-4H3,(H,42,43,50)/t25-,27+,33-/m0/s1. The molecule has 12 nitrogen and oxygen atoms in total. The van der Waals surface area contributed by atoms with Crippen LogP contribution in [0.3, 0.4) is 0 Å². The summed E-state index contributed by atoms with van der Waals surface area (Å²) in [6.07, 6.45) is 1.45. The lowest BCUT2D eigenvalue weighted by Crippen LogP contribution is -2.47. The molecule has 0 bridgehead atoms. The maximum atomic E-state index is 14.0. The maximum Gasteiger partial charge on any atom is 0.390 e. The number of nitrogens with zero attached hydrogens (tertiary/aromatic N) is 8. The van der Waals surface area contributed by atoms with Gasteiger partial charge < -0.3 is 10.2 Å². The van der Waals surface area contributed by atoms with E-state index in [2.05, 4.69) is 46.3 Å². The molecule has 50 heavy (non-hydrogen) atoms. The SMILES string of the molecule is CCCN(CCC(F)(F)F)Cc1ccc(Br)nc1NC(=O)[C@@H]1C[C@@]2(C)C[C@H]2N1C(=O)Cn1nc(C(C)=O)c2cc(-c3cnc(C)nc3)ncc21. The van der Waals surface area contributed by atoms with Gasteiger partial charge in [-0.05, 0) is 66.2 Å². The topological polar surface area (TPSA) is 139 Å². The Morgan fingerprint density at radius 3 is 2.52 bits per heavy atom. The number of Topliss-reactive ketones (excluding diaryl/α,β-unsaturated/α-hetero) is 1. The highest BCUT2D eigenvalue weighted by molar-refractivity contribution is 9.10. The van der Waals surface area contributed by atoms with Gasteiger partial charge in [-0.3, -0.25) is 28.9 Å². The van der Waals surface area contributed by atoms with Gasteiger partial charge in [0.25, 0.3) is 0 Å². The van der Waals surface area contributed by atoms with Gasteiger partial charge in [0.2, 0.25) is 11.8 Å². The van der Waals surface area contributed by atoms with Crippen molar-refractivity contribution in [3.05, 3.63) is 58.5 Å². The Labute approximate surface area is 295 Å². The Morgan fingerprint density at radius 2 is 1.84 bits per heavy atom. The first-order valence-corrected chi connectivity index (χ1v) is 17.2. The number of nitrogens with one attached hydrogen (secondary N) is 1. The van der Waals surface area contributed by atoms with E-state index in [1.807, 2.05) is 13.8 Å². The fourth-order valence-corrected chi connectivity index (χ4v) is 7.03. The number of pyridine rings is 2. The Morgan fingerprint density at radius 1 is 1.10 bits per heavy atom. The molecule has 0 spiro atoms. The molecule has 0 aromatic carbocycles. The summed E-state index contributed by atoms with van der Waals surface area (Å²) in [5.74, 6) is -0.216. The van der Waals surface area contributed by atoms with Crippen LogP contribution >= 0.6 is 15.9 Å². The van der Waals surface area contributed by atoms with Crippen LogP contribution in [0.2, 0.25) is 0 Å². The Bertz CT molecular complexity index is 1950. The summed E-state index contributed by atoms with van der Waals surface area (Å²) in [6.45, 7) is 7.30. The minimum atomic E-state index is -4.29. The zero-order valence-electron chi connectivity index (χ0n) is 28.1. The van der Waals surface area contributed by atoms with Crippen molar-refractivity contribution in [3.63, 3.8) is 0 Å². The second-order valence-corrected chi connectivity index (χ2v) is 14.1. The third-order valence-electron chi connectivity index (χ3n) is 9.39. The number of likely N-dealkylation sites (tertiary alicyclic amines) is 1. The number of amides is 2. The minimum absolute atomic E-state index is 0.150. The van der Waals surface area contributed by atoms with Gasteiger partial charge in [-0.25, -0.2) is 15.0 Å². The van der Waals surface area contributed by atoms with E-state index in [0.717, 1.165) is 6.42 Å². The number of hydrogen-bond donors (Lipinski definition) is 1. The van der Waals surface area contributed by atoms with Crippen molar-refractivity contribution in [1.82, 2.24) is 39.5 Å². The van der Waals surface area contributed by atoms with Crippen molar-refractivity contribution in [3.8, 4) is 11.3 Å². The van der Waals surface area contributed by atoms with E-state index in [0.29, 0.717) is 57.5 Å². The lowest BCUT2D eigenvalue weighted by Gasteiger charge is -2.28. The van der Waals surface area contributed by atoms with Crippen LogP contribution in [0.15, 0.2) is 41.4 Å². The number of ketones is 1. The molecule has 2 amide bonds. The maximum absolute atomic E-state index is 14.0. The number of piperidine rings is 1. The summed E-state index contributed by atoms with van der Waals surface area (Å²) in [7, 11) is 0. The van der Waals surface area contributed by atoms with E-state index in [1.54, 1.807) is 53.5 Å². The van der Waals surface area contributed by atoms with Crippen LogP contribution in [-0.2, 0) is 22.7 Å². The molecule has 264 valence electrons. The molecular formula is C34H37BrF3N9O3. The third kappa shape index (κ3) is 7.55. The van der Waals surface area contributed by atoms with Crippen LogP contribution in [-0.4, -0.2) is 88.5 Å². The van der Waals surface area contributed by atoms with Gasteiger partial charge in [-0.15, -0.1) is 0 Å². The molecule has 2 fully saturated rings. The second kappa shape index (κ2) is 13.8. The second-order valence-electron chi connectivity index (χ2n) is 13.3. The number of carbonyl (C=O) groups excluding carboxylic acids is 3. The summed E-state index contributed by atoms with van der Waals surface area (Å²) < 4.78 is 41.0. The van der Waals surface area contributed by atoms with Crippen molar-refractivity contribution in [1.29, 1.82) is 0 Å². The van der Waals surface area contributed by atoms with Gasteiger partial charge in [0, 0.05) is 55.0 Å². The van der Waals surface area contributed by atoms with Gasteiger partial charge in [-0.1, -0.05) is 19.9 Å². The molecule has 0 radical (unpaired) electrons. The van der Waals surface area contributed by atoms with Crippen molar-refractivity contribution in [2.75, 3.05) is 18.4 Å². The van der Waals surface area contributed by atoms with Crippen molar-refractivity contribution >= 4 is 50.2 Å². The highest BCUT2D eigenvalue weighted by Crippen LogP contribution is 2.59. The van der Waals surface area contributed by atoms with Crippen LogP contribution in [0.1, 0.15) is 68.3 Å². The molecule has 1 N–H and O–H groups in total. The first-order chi connectivity index (χ1) is 23.7. The molecule has 2 aliphatic rings. The normalized spacial score (nSPS) is 20.0. The highest BCUT2D eigenvalue weighted by Gasteiger charge is 2.64. The van der Waals surface area contributed by atoms with Crippen LogP contribution in [0.5, 0.6) is 0 Å². The Hall–Kier alpha value is -4.31. The summed E-state index contributed by atoms with van der Waals surface area (Å²) >= 11 is 3.34. The number of hydrogen-bond acceptors (Lipinski definition) is 9. The lowest BCUT2D eigenvalue weighted by molar-refractivity contribution is -0.138. The van der Waals surface area contributed by atoms with E-state index in [4.69, 9.17) is 0 Å². The quantitative estimate of drug-likeness (QED) is 0.142. The van der Waals surface area contributed by atoms with Gasteiger partial charge in [0.05, 0.1) is 23.8 Å². The predicted octanol–water partition coefficient (Wildman–Crippen LogP) is 5.74. The van der Waals surface area contributed by atoms with Crippen molar-refractivity contribution < 1.29 is 27.6 Å². The van der Waals surface area contributed by atoms with Gasteiger partial charge >= 0.3 is 6.18 Å². The fourth-order valence-electron chi connectivity index (χ4n) is 6.72. The number of aryl methyl sites for hydroxylation is 1. The molecular weight excluding hydrogens is 719 g/mol. The number of rotatable bonds is 12. The van der Waals surface area contributed by atoms with E-state index < -0.39 is 24.5 Å². The Balaban J connectivity index is 1.23. The molecule has 1 aliphatic heterocycles. The van der Waals surface area contributed by atoms with Crippen LogP contribution in [0.25, 0.3) is 22.2 Å². The van der Waals surface area contributed by atoms with Gasteiger partial charge in [0.15, 0.2) is 5.78 Å². The summed E-state index contributed by atoms with van der Waals surface area (Å²) in [5, 5.41) is 7.91. The first-order valence-electron chi connectivity index (χ1n) is 16.4. The summed E-state index contributed by atoms with van der Waals surface area (Å²) in [5.41, 5.74) is 2.23. The zero-order valence-corrected chi connectivity index (χ0v) is 29.7. The molecule has 16 heteroatoms.